The molecule has 2 nitrogen and oxygen atoms in total. The van der Waals surface area contributed by atoms with Crippen molar-refractivity contribution in [1.29, 1.82) is 0 Å². The van der Waals surface area contributed by atoms with E-state index in [1.54, 1.807) is 0 Å². The Morgan fingerprint density at radius 2 is 1.59 bits per heavy atom. The minimum absolute atomic E-state index is 0.0380. The van der Waals surface area contributed by atoms with Crippen LogP contribution in [-0.4, -0.2) is 22.4 Å². The number of hydrogen-bond donors (Lipinski definition) is 0. The molecule has 0 atom stereocenters. The summed E-state index contributed by atoms with van der Waals surface area (Å²) in [4.78, 5) is 11.7. The van der Waals surface area contributed by atoms with Gasteiger partial charge in [0.1, 0.15) is 0 Å². The second-order valence-electron chi connectivity index (χ2n) is 6.78. The van der Waals surface area contributed by atoms with Crippen molar-refractivity contribution in [3.63, 3.8) is 0 Å². The van der Waals surface area contributed by atoms with Crippen molar-refractivity contribution in [2.75, 3.05) is 0 Å². The molecule has 0 radical (unpaired) electrons. The van der Waals surface area contributed by atoms with Crippen molar-refractivity contribution in [2.45, 2.75) is 77.4 Å². The molecule has 4 heteroatoms. The van der Waals surface area contributed by atoms with Crippen molar-refractivity contribution in [3.8, 4) is 0 Å². The van der Waals surface area contributed by atoms with Crippen LogP contribution in [0, 0.1) is 0 Å². The summed E-state index contributed by atoms with van der Waals surface area (Å²) in [5, 5.41) is 0. The molecule has 0 saturated carbocycles. The van der Waals surface area contributed by atoms with Gasteiger partial charge in [-0.1, -0.05) is 45.8 Å². The zero-order chi connectivity index (χ0) is 13.5. The Hall–Kier alpha value is -0.0962. The monoisotopic (exact) mass is 274 g/mol. The van der Waals surface area contributed by atoms with Gasteiger partial charge in [-0.15, -0.1) is 0 Å². The highest BCUT2D eigenvalue weighted by Gasteiger charge is 2.33. The molecule has 0 bridgehead atoms. The molecular weight excluding hydrogens is 244 g/mol. The zero-order valence-electron chi connectivity index (χ0n) is 12.6. The summed E-state index contributed by atoms with van der Waals surface area (Å²) in [6.45, 7) is 13.6. The molecule has 0 aromatic rings. The molecular formula is C13H30O2Si2. The van der Waals surface area contributed by atoms with E-state index in [-0.39, 0.29) is 5.97 Å². The number of hydrogen-bond acceptors (Lipinski definition) is 2. The lowest BCUT2D eigenvalue weighted by atomic mass is 10.2. The summed E-state index contributed by atoms with van der Waals surface area (Å²) < 4.78 is 5.73. The van der Waals surface area contributed by atoms with Gasteiger partial charge in [-0.2, -0.15) is 0 Å². The molecule has 0 N–H and O–H groups in total. The fourth-order valence-corrected chi connectivity index (χ4v) is 13.6. The Balaban J connectivity index is 3.93. The summed E-state index contributed by atoms with van der Waals surface area (Å²) in [6.07, 6.45) is 5.20. The van der Waals surface area contributed by atoms with Crippen molar-refractivity contribution >= 4 is 22.4 Å². The van der Waals surface area contributed by atoms with E-state index >= 15 is 0 Å². The Morgan fingerprint density at radius 1 is 1.00 bits per heavy atom. The molecule has 0 rings (SSSR count). The first-order valence-corrected chi connectivity index (χ1v) is 13.7. The average molecular weight is 275 g/mol. The second kappa shape index (κ2) is 7.36. The molecule has 0 amide bonds. The van der Waals surface area contributed by atoms with Gasteiger partial charge in [0.2, 0.25) is 8.32 Å². The van der Waals surface area contributed by atoms with Crippen LogP contribution >= 0.6 is 0 Å². The van der Waals surface area contributed by atoms with E-state index in [4.69, 9.17) is 4.43 Å². The molecule has 0 fully saturated rings. The molecule has 102 valence electrons. The van der Waals surface area contributed by atoms with E-state index in [1.807, 2.05) is 0 Å². The zero-order valence-corrected chi connectivity index (χ0v) is 14.6. The third kappa shape index (κ3) is 10.8. The summed E-state index contributed by atoms with van der Waals surface area (Å²) in [5.41, 5.74) is 1.17. The molecule has 0 aliphatic rings. The van der Waals surface area contributed by atoms with Crippen molar-refractivity contribution in [2.24, 2.45) is 0 Å². The maximum absolute atomic E-state index is 11.7. The maximum atomic E-state index is 11.7. The minimum atomic E-state index is -1.76. The van der Waals surface area contributed by atoms with Gasteiger partial charge in [0, 0.05) is 14.5 Å². The number of carbonyl (C=O) groups is 1. The first kappa shape index (κ1) is 16.9. The number of rotatable bonds is 8. The minimum Gasteiger partial charge on any atom is -0.520 e. The lowest BCUT2D eigenvalue weighted by Gasteiger charge is -2.28. The predicted octanol–water partition coefficient (Wildman–Crippen LogP) is 4.58. The summed E-state index contributed by atoms with van der Waals surface area (Å²) in [7, 11) is -2.88. The highest BCUT2D eigenvalue weighted by molar-refractivity contribution is 6.92. The van der Waals surface area contributed by atoms with Crippen molar-refractivity contribution in [1.82, 2.24) is 0 Å². The lowest BCUT2D eigenvalue weighted by Crippen LogP contribution is -2.41. The van der Waals surface area contributed by atoms with Gasteiger partial charge < -0.3 is 4.43 Å². The Labute approximate surface area is 109 Å². The topological polar surface area (TPSA) is 26.3 Å². The third-order valence-electron chi connectivity index (χ3n) is 2.58. The van der Waals surface area contributed by atoms with Gasteiger partial charge in [0.05, 0.1) is 0 Å². The quantitative estimate of drug-likeness (QED) is 0.478. The van der Waals surface area contributed by atoms with Crippen molar-refractivity contribution in [3.05, 3.63) is 0 Å². The Morgan fingerprint density at radius 3 is 2.06 bits per heavy atom. The fourth-order valence-electron chi connectivity index (χ4n) is 2.37. The largest absolute Gasteiger partial charge is 0.520 e. The SMILES string of the molecule is CCCCCCC(=O)O[Si](C)(C)C[Si](C)(C)C. The highest BCUT2D eigenvalue weighted by Crippen LogP contribution is 2.21. The average Bonchev–Trinajstić information content (AvgIpc) is 2.07. The summed E-state index contributed by atoms with van der Waals surface area (Å²) in [5.74, 6) is 0.0380. The molecule has 0 aromatic heterocycles. The summed E-state index contributed by atoms with van der Waals surface area (Å²) in [6, 6.07) is 0. The van der Waals surface area contributed by atoms with E-state index in [1.165, 1.54) is 18.5 Å². The van der Waals surface area contributed by atoms with Gasteiger partial charge in [0.15, 0.2) is 0 Å². The molecule has 0 aromatic carbocycles. The molecule has 0 unspecified atom stereocenters. The number of carbonyl (C=O) groups excluding carboxylic acids is 1. The van der Waals surface area contributed by atoms with Gasteiger partial charge in [-0.05, 0) is 25.2 Å². The van der Waals surface area contributed by atoms with Crippen LogP contribution in [0.25, 0.3) is 0 Å². The van der Waals surface area contributed by atoms with E-state index in [2.05, 4.69) is 39.7 Å². The van der Waals surface area contributed by atoms with E-state index < -0.39 is 16.4 Å². The van der Waals surface area contributed by atoms with Crippen LogP contribution in [0.4, 0.5) is 0 Å². The molecule has 0 saturated heterocycles. The molecule has 17 heavy (non-hydrogen) atoms. The number of unbranched alkanes of at least 4 members (excludes halogenated alkanes) is 3. The Kier molecular flexibility index (Phi) is 7.32. The van der Waals surface area contributed by atoms with Crippen molar-refractivity contribution < 1.29 is 9.22 Å². The molecule has 0 aliphatic carbocycles. The van der Waals surface area contributed by atoms with E-state index in [0.29, 0.717) is 6.42 Å². The van der Waals surface area contributed by atoms with Crippen LogP contribution in [0.3, 0.4) is 0 Å². The second-order valence-corrected chi connectivity index (χ2v) is 17.0. The van der Waals surface area contributed by atoms with Crippen LogP contribution < -0.4 is 0 Å². The van der Waals surface area contributed by atoms with Crippen LogP contribution in [0.1, 0.15) is 39.0 Å². The van der Waals surface area contributed by atoms with Gasteiger partial charge in [0.25, 0.3) is 5.97 Å². The summed E-state index contributed by atoms with van der Waals surface area (Å²) >= 11 is 0. The predicted molar refractivity (Wildman–Crippen MR) is 80.5 cm³/mol. The van der Waals surface area contributed by atoms with Gasteiger partial charge in [-0.3, -0.25) is 4.79 Å². The Bertz CT molecular complexity index is 232. The lowest BCUT2D eigenvalue weighted by molar-refractivity contribution is -0.135. The third-order valence-corrected chi connectivity index (χ3v) is 11.0. The first-order valence-electron chi connectivity index (χ1n) is 6.88. The van der Waals surface area contributed by atoms with E-state index in [9.17, 15) is 4.79 Å². The standard InChI is InChI=1S/C13H30O2Si2/c1-7-8-9-10-11-13(14)15-17(5,6)12-16(2,3)4/h7-12H2,1-6H3. The smallest absolute Gasteiger partial charge is 0.292 e. The van der Waals surface area contributed by atoms with Crippen LogP contribution in [0.2, 0.25) is 38.4 Å². The normalized spacial score (nSPS) is 12.6. The van der Waals surface area contributed by atoms with Crippen LogP contribution in [0.15, 0.2) is 0 Å². The first-order chi connectivity index (χ1) is 7.66. The van der Waals surface area contributed by atoms with Crippen LogP contribution in [0.5, 0.6) is 0 Å². The van der Waals surface area contributed by atoms with Gasteiger partial charge in [-0.25, -0.2) is 0 Å². The molecule has 0 spiro atoms. The van der Waals surface area contributed by atoms with Crippen LogP contribution in [-0.2, 0) is 9.22 Å². The van der Waals surface area contributed by atoms with Gasteiger partial charge >= 0.3 is 0 Å². The highest BCUT2D eigenvalue weighted by atomic mass is 28.4. The fraction of sp³-hybridized carbons (Fsp3) is 0.923. The molecule has 0 heterocycles. The molecule has 0 aliphatic heterocycles. The maximum Gasteiger partial charge on any atom is 0.292 e. The van der Waals surface area contributed by atoms with E-state index in [0.717, 1.165) is 12.8 Å².